The minimum Gasteiger partial charge on any atom is -0.452 e. The number of amides is 1. The molecule has 0 unspecified atom stereocenters. The lowest BCUT2D eigenvalue weighted by Crippen LogP contribution is -2.30. The number of carbonyl (C=O) groups excluding carboxylic acids is 3. The number of nitrogens with one attached hydrogen (secondary N) is 1. The number of esters is 1. The highest BCUT2D eigenvalue weighted by Crippen LogP contribution is 2.30. The standard InChI is InChI=1S/C15H17NO4/c1-9(17)11-5-7-13(8-6-11)16-14(18)10(2)20-15(19)12-3-4-12/h5-8,10,12H,3-4H2,1-2H3,(H,16,18)/t10-/m1/s1. The molecule has 2 rings (SSSR count). The van der Waals surface area contributed by atoms with Crippen LogP contribution in [0.1, 0.15) is 37.0 Å². The largest absolute Gasteiger partial charge is 0.452 e. The molecule has 5 heteroatoms. The van der Waals surface area contributed by atoms with Crippen molar-refractivity contribution in [3.63, 3.8) is 0 Å². The Balaban J connectivity index is 1.89. The topological polar surface area (TPSA) is 72.5 Å². The second kappa shape index (κ2) is 5.86. The average Bonchev–Trinajstić information content (AvgIpc) is 3.23. The number of hydrogen-bond donors (Lipinski definition) is 1. The molecule has 0 aromatic heterocycles. The normalized spacial score (nSPS) is 15.3. The molecule has 20 heavy (non-hydrogen) atoms. The zero-order chi connectivity index (χ0) is 14.7. The number of carbonyl (C=O) groups is 3. The minimum absolute atomic E-state index is 0.0277. The van der Waals surface area contributed by atoms with Crippen molar-refractivity contribution in [3.05, 3.63) is 29.8 Å². The molecule has 0 aliphatic heterocycles. The molecule has 1 amide bonds. The molecule has 1 aromatic rings. The molecule has 1 fully saturated rings. The summed E-state index contributed by atoms with van der Waals surface area (Å²) in [5.41, 5.74) is 1.14. The summed E-state index contributed by atoms with van der Waals surface area (Å²) < 4.78 is 5.07. The zero-order valence-corrected chi connectivity index (χ0v) is 11.5. The van der Waals surface area contributed by atoms with Gasteiger partial charge in [0.25, 0.3) is 5.91 Å². The third-order valence-electron chi connectivity index (χ3n) is 3.13. The van der Waals surface area contributed by atoms with E-state index in [0.717, 1.165) is 12.8 Å². The van der Waals surface area contributed by atoms with Gasteiger partial charge < -0.3 is 10.1 Å². The first-order chi connectivity index (χ1) is 9.47. The molecule has 0 bridgehead atoms. The Hall–Kier alpha value is -2.17. The van der Waals surface area contributed by atoms with Gasteiger partial charge in [0.1, 0.15) is 0 Å². The summed E-state index contributed by atoms with van der Waals surface area (Å²) in [6.07, 6.45) is 0.870. The Morgan fingerprint density at radius 2 is 1.80 bits per heavy atom. The first-order valence-electron chi connectivity index (χ1n) is 6.59. The van der Waals surface area contributed by atoms with E-state index in [1.807, 2.05) is 0 Å². The van der Waals surface area contributed by atoms with Crippen LogP contribution in [0.2, 0.25) is 0 Å². The van der Waals surface area contributed by atoms with Gasteiger partial charge >= 0.3 is 5.97 Å². The van der Waals surface area contributed by atoms with E-state index >= 15 is 0 Å². The number of rotatable bonds is 5. The van der Waals surface area contributed by atoms with Crippen LogP contribution in [-0.4, -0.2) is 23.8 Å². The Morgan fingerprint density at radius 1 is 1.20 bits per heavy atom. The van der Waals surface area contributed by atoms with Gasteiger partial charge in [-0.25, -0.2) is 0 Å². The lowest BCUT2D eigenvalue weighted by molar-refractivity contribution is -0.154. The molecule has 1 N–H and O–H groups in total. The first kappa shape index (κ1) is 14.2. The molecule has 1 aromatic carbocycles. The summed E-state index contributed by atoms with van der Waals surface area (Å²) in [5.74, 6) is -0.746. The average molecular weight is 275 g/mol. The molecule has 0 heterocycles. The molecule has 1 aliphatic carbocycles. The van der Waals surface area contributed by atoms with Crippen molar-refractivity contribution < 1.29 is 19.1 Å². The van der Waals surface area contributed by atoms with Crippen molar-refractivity contribution >= 4 is 23.3 Å². The van der Waals surface area contributed by atoms with Crippen molar-refractivity contribution in [2.75, 3.05) is 5.32 Å². The van der Waals surface area contributed by atoms with E-state index in [1.54, 1.807) is 31.2 Å². The number of ketones is 1. The molecule has 5 nitrogen and oxygen atoms in total. The Kier molecular flexibility index (Phi) is 4.17. The summed E-state index contributed by atoms with van der Waals surface area (Å²) in [4.78, 5) is 34.4. The Labute approximate surface area is 117 Å². The van der Waals surface area contributed by atoms with Crippen LogP contribution in [0.25, 0.3) is 0 Å². The predicted molar refractivity (Wildman–Crippen MR) is 73.4 cm³/mol. The monoisotopic (exact) mass is 275 g/mol. The molecule has 1 atom stereocenters. The summed E-state index contributed by atoms with van der Waals surface area (Å²) >= 11 is 0. The fourth-order valence-electron chi connectivity index (χ4n) is 1.68. The highest BCUT2D eigenvalue weighted by atomic mass is 16.5. The number of benzene rings is 1. The summed E-state index contributed by atoms with van der Waals surface area (Å²) in [5, 5.41) is 2.65. The fourth-order valence-corrected chi connectivity index (χ4v) is 1.68. The van der Waals surface area contributed by atoms with Gasteiger partial charge in [-0.2, -0.15) is 0 Å². The third kappa shape index (κ3) is 3.66. The van der Waals surface area contributed by atoms with Crippen LogP contribution >= 0.6 is 0 Å². The van der Waals surface area contributed by atoms with Crippen LogP contribution in [0, 0.1) is 5.92 Å². The fraction of sp³-hybridized carbons (Fsp3) is 0.400. The van der Waals surface area contributed by atoms with Crippen LogP contribution in [0.5, 0.6) is 0 Å². The van der Waals surface area contributed by atoms with Crippen LogP contribution in [0.15, 0.2) is 24.3 Å². The third-order valence-corrected chi connectivity index (χ3v) is 3.13. The van der Waals surface area contributed by atoms with Crippen LogP contribution in [-0.2, 0) is 14.3 Å². The number of Topliss-reactive ketones (excluding diaryl/α,β-unsaturated/α-hetero) is 1. The van der Waals surface area contributed by atoms with E-state index in [2.05, 4.69) is 5.32 Å². The highest BCUT2D eigenvalue weighted by Gasteiger charge is 2.33. The van der Waals surface area contributed by atoms with Gasteiger partial charge in [0.05, 0.1) is 5.92 Å². The summed E-state index contributed by atoms with van der Waals surface area (Å²) in [6.45, 7) is 3.02. The maximum Gasteiger partial charge on any atom is 0.309 e. The van der Waals surface area contributed by atoms with Gasteiger partial charge in [-0.05, 0) is 51.0 Å². The maximum atomic E-state index is 11.9. The summed E-state index contributed by atoms with van der Waals surface area (Å²) in [7, 11) is 0. The molecule has 0 spiro atoms. The van der Waals surface area contributed by atoms with Gasteiger partial charge in [-0.3, -0.25) is 14.4 Å². The number of anilines is 1. The lowest BCUT2D eigenvalue weighted by Gasteiger charge is -2.13. The zero-order valence-electron chi connectivity index (χ0n) is 11.5. The van der Waals surface area contributed by atoms with E-state index in [-0.39, 0.29) is 23.6 Å². The van der Waals surface area contributed by atoms with Crippen molar-refractivity contribution in [3.8, 4) is 0 Å². The van der Waals surface area contributed by atoms with Gasteiger partial charge in [-0.15, -0.1) is 0 Å². The lowest BCUT2D eigenvalue weighted by atomic mass is 10.1. The Bertz CT molecular complexity index is 531. The minimum atomic E-state index is -0.824. The van der Waals surface area contributed by atoms with Gasteiger partial charge in [0.2, 0.25) is 0 Å². The van der Waals surface area contributed by atoms with Crippen LogP contribution in [0.4, 0.5) is 5.69 Å². The van der Waals surface area contributed by atoms with E-state index in [1.165, 1.54) is 6.92 Å². The van der Waals surface area contributed by atoms with E-state index < -0.39 is 6.10 Å². The highest BCUT2D eigenvalue weighted by molar-refractivity contribution is 5.97. The summed E-state index contributed by atoms with van der Waals surface area (Å²) in [6, 6.07) is 6.56. The second-order valence-corrected chi connectivity index (χ2v) is 4.98. The van der Waals surface area contributed by atoms with E-state index in [0.29, 0.717) is 11.3 Å². The quantitative estimate of drug-likeness (QED) is 0.660. The molecule has 106 valence electrons. The molecular formula is C15H17NO4. The first-order valence-corrected chi connectivity index (χ1v) is 6.59. The smallest absolute Gasteiger partial charge is 0.309 e. The molecular weight excluding hydrogens is 258 g/mol. The van der Waals surface area contributed by atoms with Crippen LogP contribution in [0.3, 0.4) is 0 Å². The maximum absolute atomic E-state index is 11.9. The van der Waals surface area contributed by atoms with E-state index in [9.17, 15) is 14.4 Å². The van der Waals surface area contributed by atoms with E-state index in [4.69, 9.17) is 4.74 Å². The van der Waals surface area contributed by atoms with Gasteiger partial charge in [0.15, 0.2) is 11.9 Å². The molecule has 0 saturated heterocycles. The van der Waals surface area contributed by atoms with Crippen molar-refractivity contribution in [2.24, 2.45) is 5.92 Å². The van der Waals surface area contributed by atoms with Crippen LogP contribution < -0.4 is 5.32 Å². The Morgan fingerprint density at radius 3 is 2.30 bits per heavy atom. The van der Waals surface area contributed by atoms with Crippen molar-refractivity contribution in [1.29, 1.82) is 0 Å². The molecule has 0 radical (unpaired) electrons. The predicted octanol–water partition coefficient (Wildman–Crippen LogP) is 2.17. The van der Waals surface area contributed by atoms with Crippen molar-refractivity contribution in [2.45, 2.75) is 32.8 Å². The molecule has 1 saturated carbocycles. The number of ether oxygens (including phenoxy) is 1. The second-order valence-electron chi connectivity index (χ2n) is 4.98. The van der Waals surface area contributed by atoms with Gasteiger partial charge in [-0.1, -0.05) is 0 Å². The van der Waals surface area contributed by atoms with Gasteiger partial charge in [0, 0.05) is 11.3 Å². The SMILES string of the molecule is CC(=O)c1ccc(NC(=O)[C@@H](C)OC(=O)C2CC2)cc1. The van der Waals surface area contributed by atoms with Crippen molar-refractivity contribution in [1.82, 2.24) is 0 Å². The number of hydrogen-bond acceptors (Lipinski definition) is 4. The molecule has 1 aliphatic rings.